The number of carbonyl (C=O) groups excluding carboxylic acids is 1. The second-order valence-corrected chi connectivity index (χ2v) is 7.28. The van der Waals surface area contributed by atoms with Crippen LogP contribution in [0.3, 0.4) is 0 Å². The lowest BCUT2D eigenvalue weighted by Crippen LogP contribution is -2.40. The third kappa shape index (κ3) is 4.16. The van der Waals surface area contributed by atoms with Gasteiger partial charge < -0.3 is 9.64 Å². The third-order valence-corrected chi connectivity index (χ3v) is 5.38. The zero-order chi connectivity index (χ0) is 20.2. The summed E-state index contributed by atoms with van der Waals surface area (Å²) in [4.78, 5) is 14.5. The fourth-order valence-electron chi connectivity index (χ4n) is 3.93. The van der Waals surface area contributed by atoms with Crippen molar-refractivity contribution in [3.8, 4) is 5.75 Å². The highest BCUT2D eigenvalue weighted by atomic mass is 19.1. The van der Waals surface area contributed by atoms with Crippen LogP contribution in [0.5, 0.6) is 5.75 Å². The molecule has 1 aliphatic rings. The summed E-state index contributed by atoms with van der Waals surface area (Å²) in [5.74, 6) is 0.523. The summed E-state index contributed by atoms with van der Waals surface area (Å²) in [5.41, 5.74) is 4.06. The lowest BCUT2D eigenvalue weighted by atomic mass is 9.87. The van der Waals surface area contributed by atoms with Crippen molar-refractivity contribution in [3.63, 3.8) is 0 Å². The van der Waals surface area contributed by atoms with Gasteiger partial charge in [0.25, 0.3) is 0 Å². The monoisotopic (exact) mass is 389 g/mol. The van der Waals surface area contributed by atoms with Gasteiger partial charge in [0.05, 0.1) is 6.04 Å². The third-order valence-electron chi connectivity index (χ3n) is 5.38. The fraction of sp³-hybridized carbons (Fsp3) is 0.240. The number of hydrogen-bond acceptors (Lipinski definition) is 2. The number of fused-ring (bicyclic) bond motifs is 1. The Morgan fingerprint density at radius 2 is 1.90 bits per heavy atom. The van der Waals surface area contributed by atoms with E-state index >= 15 is 0 Å². The summed E-state index contributed by atoms with van der Waals surface area (Å²) in [6, 6.07) is 22.3. The Labute approximate surface area is 170 Å². The van der Waals surface area contributed by atoms with Crippen molar-refractivity contribution in [2.75, 3.05) is 6.54 Å². The lowest BCUT2D eigenvalue weighted by Gasteiger charge is -2.38. The van der Waals surface area contributed by atoms with Crippen molar-refractivity contribution in [2.45, 2.75) is 32.4 Å². The first-order valence-corrected chi connectivity index (χ1v) is 10.00. The molecule has 4 heteroatoms. The zero-order valence-electron chi connectivity index (χ0n) is 16.5. The quantitative estimate of drug-likeness (QED) is 0.593. The Morgan fingerprint density at radius 3 is 2.66 bits per heavy atom. The van der Waals surface area contributed by atoms with Gasteiger partial charge in [-0.1, -0.05) is 55.5 Å². The summed E-state index contributed by atoms with van der Waals surface area (Å²) < 4.78 is 20.0. The lowest BCUT2D eigenvalue weighted by molar-refractivity contribution is -0.132. The molecule has 1 atom stereocenters. The van der Waals surface area contributed by atoms with Gasteiger partial charge in [-0.3, -0.25) is 4.79 Å². The predicted octanol–water partition coefficient (Wildman–Crippen LogP) is 5.29. The van der Waals surface area contributed by atoms with Crippen LogP contribution in [0.4, 0.5) is 4.39 Å². The smallest absolute Gasteiger partial charge is 0.223 e. The topological polar surface area (TPSA) is 29.5 Å². The molecule has 0 saturated carbocycles. The molecule has 3 nitrogen and oxygen atoms in total. The van der Waals surface area contributed by atoms with Gasteiger partial charge in [0, 0.05) is 13.0 Å². The first kappa shape index (κ1) is 19.2. The van der Waals surface area contributed by atoms with Crippen molar-refractivity contribution in [1.82, 2.24) is 4.90 Å². The highest BCUT2D eigenvalue weighted by Crippen LogP contribution is 2.37. The van der Waals surface area contributed by atoms with E-state index in [2.05, 4.69) is 6.07 Å². The van der Waals surface area contributed by atoms with Crippen LogP contribution in [0, 0.1) is 5.82 Å². The van der Waals surface area contributed by atoms with E-state index in [1.165, 1.54) is 17.7 Å². The molecular weight excluding hydrogens is 365 g/mol. The van der Waals surface area contributed by atoms with Gasteiger partial charge in [0.1, 0.15) is 18.2 Å². The Bertz CT molecular complexity index is 1000. The average Bonchev–Trinajstić information content (AvgIpc) is 2.77. The number of halogens is 1. The number of amides is 1. The van der Waals surface area contributed by atoms with Crippen molar-refractivity contribution in [3.05, 3.63) is 101 Å². The molecule has 0 bridgehead atoms. The maximum Gasteiger partial charge on any atom is 0.223 e. The summed E-state index contributed by atoms with van der Waals surface area (Å²) in [5, 5.41) is 0. The molecule has 0 radical (unpaired) electrons. The van der Waals surface area contributed by atoms with Crippen LogP contribution in [-0.2, 0) is 17.8 Å². The fourth-order valence-corrected chi connectivity index (χ4v) is 3.93. The van der Waals surface area contributed by atoms with Gasteiger partial charge in [0.2, 0.25) is 5.91 Å². The standard InChI is InChI=1S/C25H24FNO2/c1-2-24(28)27-14-13-19-11-12-22(29-17-18-7-4-3-5-8-18)16-23(19)25(27)20-9-6-10-21(26)15-20/h3-12,15-16,25H,2,13-14,17H2,1H3. The van der Waals surface area contributed by atoms with E-state index in [1.807, 2.05) is 60.4 Å². The maximum atomic E-state index is 14.0. The molecule has 1 aliphatic heterocycles. The van der Waals surface area contributed by atoms with E-state index in [9.17, 15) is 9.18 Å². The first-order chi connectivity index (χ1) is 14.2. The van der Waals surface area contributed by atoms with Crippen LogP contribution in [0.15, 0.2) is 72.8 Å². The normalized spacial score (nSPS) is 15.7. The number of nitrogens with zero attached hydrogens (tertiary/aromatic N) is 1. The predicted molar refractivity (Wildman–Crippen MR) is 111 cm³/mol. The molecule has 0 aromatic heterocycles. The van der Waals surface area contributed by atoms with Crippen molar-refractivity contribution in [2.24, 2.45) is 0 Å². The highest BCUT2D eigenvalue weighted by Gasteiger charge is 2.31. The molecule has 4 rings (SSSR count). The molecule has 1 heterocycles. The molecule has 0 spiro atoms. The van der Waals surface area contributed by atoms with Crippen molar-refractivity contribution >= 4 is 5.91 Å². The van der Waals surface area contributed by atoms with E-state index in [0.29, 0.717) is 19.6 Å². The van der Waals surface area contributed by atoms with E-state index in [4.69, 9.17) is 4.74 Å². The van der Waals surface area contributed by atoms with Crippen LogP contribution < -0.4 is 4.74 Å². The number of rotatable bonds is 5. The molecule has 0 fully saturated rings. The second-order valence-electron chi connectivity index (χ2n) is 7.28. The molecule has 3 aromatic carbocycles. The molecule has 1 unspecified atom stereocenters. The van der Waals surface area contributed by atoms with Crippen molar-refractivity contribution < 1.29 is 13.9 Å². The van der Waals surface area contributed by atoms with Crippen molar-refractivity contribution in [1.29, 1.82) is 0 Å². The summed E-state index contributed by atoms with van der Waals surface area (Å²) in [7, 11) is 0. The van der Waals surface area contributed by atoms with Gasteiger partial charge >= 0.3 is 0 Å². The number of hydrogen-bond donors (Lipinski definition) is 0. The van der Waals surface area contributed by atoms with E-state index in [-0.39, 0.29) is 17.8 Å². The van der Waals surface area contributed by atoms with E-state index < -0.39 is 0 Å². The second kappa shape index (κ2) is 8.48. The summed E-state index contributed by atoms with van der Waals surface area (Å²) in [6.45, 7) is 2.97. The minimum atomic E-state index is -0.304. The Morgan fingerprint density at radius 1 is 1.07 bits per heavy atom. The van der Waals surface area contributed by atoms with Crippen LogP contribution in [0.2, 0.25) is 0 Å². The SMILES string of the molecule is CCC(=O)N1CCc2ccc(OCc3ccccc3)cc2C1c1cccc(F)c1. The molecule has 0 N–H and O–H groups in total. The molecule has 1 amide bonds. The number of carbonyl (C=O) groups is 1. The number of ether oxygens (including phenoxy) is 1. The van der Waals surface area contributed by atoms with Gasteiger partial charge in [-0.15, -0.1) is 0 Å². The Kier molecular flexibility index (Phi) is 5.61. The largest absolute Gasteiger partial charge is 0.489 e. The molecule has 148 valence electrons. The maximum absolute atomic E-state index is 14.0. The molecule has 3 aromatic rings. The molecule has 0 saturated heterocycles. The van der Waals surface area contributed by atoms with Gasteiger partial charge in [-0.25, -0.2) is 4.39 Å². The minimum Gasteiger partial charge on any atom is -0.489 e. The molecule has 29 heavy (non-hydrogen) atoms. The summed E-state index contributed by atoms with van der Waals surface area (Å²) in [6.07, 6.45) is 1.21. The Balaban J connectivity index is 1.69. The van der Waals surface area contributed by atoms with Gasteiger partial charge in [-0.2, -0.15) is 0 Å². The van der Waals surface area contributed by atoms with E-state index in [0.717, 1.165) is 28.9 Å². The molecular formula is C25H24FNO2. The van der Waals surface area contributed by atoms with Gasteiger partial charge in [0.15, 0.2) is 0 Å². The van der Waals surface area contributed by atoms with Crippen LogP contribution in [-0.4, -0.2) is 17.4 Å². The first-order valence-electron chi connectivity index (χ1n) is 10.00. The summed E-state index contributed by atoms with van der Waals surface area (Å²) >= 11 is 0. The molecule has 0 aliphatic carbocycles. The Hall–Kier alpha value is -3.14. The van der Waals surface area contributed by atoms with E-state index in [1.54, 1.807) is 6.07 Å². The van der Waals surface area contributed by atoms with Crippen LogP contribution in [0.25, 0.3) is 0 Å². The zero-order valence-corrected chi connectivity index (χ0v) is 16.5. The van der Waals surface area contributed by atoms with Gasteiger partial charge in [-0.05, 0) is 52.9 Å². The number of benzene rings is 3. The minimum absolute atomic E-state index is 0.0699. The van der Waals surface area contributed by atoms with Crippen LogP contribution in [0.1, 0.15) is 41.6 Å². The average molecular weight is 389 g/mol. The highest BCUT2D eigenvalue weighted by molar-refractivity contribution is 5.77. The van der Waals surface area contributed by atoms with Crippen LogP contribution >= 0.6 is 0 Å².